The molecule has 3 aromatic heterocycles. The molecule has 8 nitrogen and oxygen atoms in total. The topological polar surface area (TPSA) is 83.8 Å². The van der Waals surface area contributed by atoms with Gasteiger partial charge in [0, 0.05) is 48.3 Å². The summed E-state index contributed by atoms with van der Waals surface area (Å²) in [6.45, 7) is 1.37. The van der Waals surface area contributed by atoms with Gasteiger partial charge in [-0.15, -0.1) is 0 Å². The lowest BCUT2D eigenvalue weighted by atomic mass is 10.0. The van der Waals surface area contributed by atoms with Crippen molar-refractivity contribution in [1.82, 2.24) is 29.5 Å². The maximum absolute atomic E-state index is 6.29. The van der Waals surface area contributed by atoms with Gasteiger partial charge in [0.1, 0.15) is 6.33 Å². The van der Waals surface area contributed by atoms with E-state index in [4.69, 9.17) is 20.9 Å². The molecular weight excluding hydrogens is 392 g/mol. The molecule has 0 N–H and O–H groups in total. The highest BCUT2D eigenvalue weighted by molar-refractivity contribution is 6.31. The lowest BCUT2D eigenvalue weighted by Gasteiger charge is -2.09. The standard InChI is InChI=1S/C20H17ClN6O2/c1-26-8-12-6-16-18(20-23-19(25-29-20)11-4-5-28-9-11)22-10-27(16)15-3-2-13(21)7-14(15)17(12)24-26/h2-3,7-8,10-11H,4-6,9H2,1H3/t11-/m1/s1. The van der Waals surface area contributed by atoms with Crippen LogP contribution in [0.2, 0.25) is 5.02 Å². The number of aromatic nitrogens is 6. The van der Waals surface area contributed by atoms with E-state index in [2.05, 4.69) is 24.8 Å². The average Bonchev–Trinajstić information content (AvgIpc) is 3.47. The van der Waals surface area contributed by atoms with Gasteiger partial charge in [0.2, 0.25) is 0 Å². The van der Waals surface area contributed by atoms with E-state index < -0.39 is 0 Å². The summed E-state index contributed by atoms with van der Waals surface area (Å²) < 4.78 is 14.9. The molecule has 1 aromatic carbocycles. The van der Waals surface area contributed by atoms with Crippen molar-refractivity contribution in [2.24, 2.45) is 7.05 Å². The Kier molecular flexibility index (Phi) is 3.66. The molecule has 1 atom stereocenters. The molecule has 5 heterocycles. The van der Waals surface area contributed by atoms with Crippen LogP contribution in [-0.2, 0) is 18.2 Å². The quantitative estimate of drug-likeness (QED) is 0.445. The number of nitrogens with zero attached hydrogens (tertiary/aromatic N) is 6. The third-order valence-corrected chi connectivity index (χ3v) is 5.78. The number of hydrogen-bond donors (Lipinski definition) is 0. The molecule has 146 valence electrons. The highest BCUT2D eigenvalue weighted by atomic mass is 35.5. The highest BCUT2D eigenvalue weighted by Crippen LogP contribution is 2.38. The van der Waals surface area contributed by atoms with Gasteiger partial charge in [-0.2, -0.15) is 10.1 Å². The molecule has 2 aliphatic heterocycles. The van der Waals surface area contributed by atoms with Crippen molar-refractivity contribution < 1.29 is 9.26 Å². The molecule has 4 aromatic rings. The van der Waals surface area contributed by atoms with Crippen LogP contribution in [0.25, 0.3) is 28.5 Å². The van der Waals surface area contributed by atoms with E-state index in [1.165, 1.54) is 0 Å². The van der Waals surface area contributed by atoms with Gasteiger partial charge in [-0.3, -0.25) is 4.68 Å². The second kappa shape index (κ2) is 6.27. The number of rotatable bonds is 2. The van der Waals surface area contributed by atoms with Crippen LogP contribution >= 0.6 is 11.6 Å². The Morgan fingerprint density at radius 2 is 2.17 bits per heavy atom. The van der Waals surface area contributed by atoms with Crippen LogP contribution in [0.5, 0.6) is 0 Å². The van der Waals surface area contributed by atoms with Crippen LogP contribution < -0.4 is 0 Å². The zero-order chi connectivity index (χ0) is 19.5. The number of fused-ring (bicyclic) bond motifs is 5. The van der Waals surface area contributed by atoms with Crippen LogP contribution in [0.4, 0.5) is 0 Å². The maximum Gasteiger partial charge on any atom is 0.278 e. The zero-order valence-corrected chi connectivity index (χ0v) is 16.4. The number of ether oxygens (including phenoxy) is 1. The van der Waals surface area contributed by atoms with Crippen LogP contribution in [0.15, 0.2) is 35.2 Å². The minimum absolute atomic E-state index is 0.182. The summed E-state index contributed by atoms with van der Waals surface area (Å²) in [5, 5.41) is 9.53. The lowest BCUT2D eigenvalue weighted by molar-refractivity contribution is 0.192. The predicted octanol–water partition coefficient (Wildman–Crippen LogP) is 3.38. The second-order valence-electron chi connectivity index (χ2n) is 7.44. The highest BCUT2D eigenvalue weighted by Gasteiger charge is 2.29. The van der Waals surface area contributed by atoms with E-state index in [1.807, 2.05) is 36.1 Å². The number of imidazole rings is 1. The summed E-state index contributed by atoms with van der Waals surface area (Å²) in [6, 6.07) is 5.82. The van der Waals surface area contributed by atoms with Gasteiger partial charge in [-0.1, -0.05) is 16.8 Å². The molecule has 0 unspecified atom stereocenters. The molecule has 2 aliphatic rings. The van der Waals surface area contributed by atoms with Gasteiger partial charge in [-0.25, -0.2) is 4.98 Å². The number of aryl methyl sites for hydroxylation is 1. The first kappa shape index (κ1) is 16.9. The van der Waals surface area contributed by atoms with E-state index in [0.717, 1.165) is 41.2 Å². The molecule has 0 aliphatic carbocycles. The summed E-state index contributed by atoms with van der Waals surface area (Å²) in [5.74, 6) is 1.30. The van der Waals surface area contributed by atoms with Crippen molar-refractivity contribution in [3.05, 3.63) is 52.8 Å². The van der Waals surface area contributed by atoms with E-state index in [1.54, 1.807) is 6.33 Å². The number of halogens is 1. The van der Waals surface area contributed by atoms with E-state index >= 15 is 0 Å². The Morgan fingerprint density at radius 3 is 3.03 bits per heavy atom. The van der Waals surface area contributed by atoms with Crippen LogP contribution in [0, 0.1) is 0 Å². The molecule has 0 saturated carbocycles. The second-order valence-corrected chi connectivity index (χ2v) is 7.88. The molecule has 0 spiro atoms. The van der Waals surface area contributed by atoms with E-state index in [9.17, 15) is 0 Å². The fraction of sp³-hybridized carbons (Fsp3) is 0.300. The van der Waals surface area contributed by atoms with Crippen LogP contribution in [0.1, 0.15) is 29.4 Å². The van der Waals surface area contributed by atoms with Crippen molar-refractivity contribution in [2.45, 2.75) is 18.8 Å². The Hall–Kier alpha value is -2.97. The van der Waals surface area contributed by atoms with Crippen molar-refractivity contribution >= 4 is 11.6 Å². The molecule has 0 bridgehead atoms. The minimum atomic E-state index is 0.182. The maximum atomic E-state index is 6.29. The normalized spacial score (nSPS) is 17.7. The van der Waals surface area contributed by atoms with Gasteiger partial charge >= 0.3 is 0 Å². The van der Waals surface area contributed by atoms with Crippen molar-refractivity contribution in [2.75, 3.05) is 13.2 Å². The molecule has 6 rings (SSSR count). The number of benzene rings is 1. The lowest BCUT2D eigenvalue weighted by Crippen LogP contribution is -2.01. The SMILES string of the molecule is Cn1cc2c(n1)-c1cc(Cl)ccc1-n1cnc(-c3nc([C@@H]4CCOC4)no3)c1C2. The van der Waals surface area contributed by atoms with Crippen LogP contribution in [-0.4, -0.2) is 42.7 Å². The third kappa shape index (κ3) is 2.63. The minimum Gasteiger partial charge on any atom is -0.381 e. The van der Waals surface area contributed by atoms with Crippen molar-refractivity contribution in [3.8, 4) is 28.5 Å². The summed E-state index contributed by atoms with van der Waals surface area (Å²) >= 11 is 6.29. The van der Waals surface area contributed by atoms with E-state index in [0.29, 0.717) is 35.5 Å². The summed E-state index contributed by atoms with van der Waals surface area (Å²) in [4.78, 5) is 9.26. The number of hydrogen-bond acceptors (Lipinski definition) is 6. The molecule has 1 fully saturated rings. The van der Waals surface area contributed by atoms with Crippen LogP contribution in [0.3, 0.4) is 0 Å². The first-order valence-electron chi connectivity index (χ1n) is 9.48. The monoisotopic (exact) mass is 408 g/mol. The summed E-state index contributed by atoms with van der Waals surface area (Å²) in [5.41, 5.74) is 5.66. The zero-order valence-electron chi connectivity index (χ0n) is 15.7. The molecule has 1 saturated heterocycles. The Bertz CT molecular complexity index is 1230. The molecule has 0 amide bonds. The Labute approximate surface area is 171 Å². The van der Waals surface area contributed by atoms with Crippen molar-refractivity contribution in [3.63, 3.8) is 0 Å². The smallest absolute Gasteiger partial charge is 0.278 e. The Morgan fingerprint density at radius 1 is 1.24 bits per heavy atom. The predicted molar refractivity (Wildman–Crippen MR) is 105 cm³/mol. The fourth-order valence-corrected chi connectivity index (χ4v) is 4.32. The third-order valence-electron chi connectivity index (χ3n) is 5.54. The summed E-state index contributed by atoms with van der Waals surface area (Å²) in [7, 11) is 1.92. The largest absolute Gasteiger partial charge is 0.381 e. The Balaban J connectivity index is 1.51. The van der Waals surface area contributed by atoms with Gasteiger partial charge in [-0.05, 0) is 24.6 Å². The van der Waals surface area contributed by atoms with Gasteiger partial charge in [0.05, 0.1) is 23.7 Å². The van der Waals surface area contributed by atoms with Gasteiger partial charge in [0.15, 0.2) is 11.5 Å². The molecule has 9 heteroatoms. The van der Waals surface area contributed by atoms with E-state index in [-0.39, 0.29) is 5.92 Å². The molecule has 0 radical (unpaired) electrons. The first-order valence-corrected chi connectivity index (χ1v) is 9.86. The average molecular weight is 409 g/mol. The van der Waals surface area contributed by atoms with Gasteiger partial charge < -0.3 is 13.8 Å². The summed E-state index contributed by atoms with van der Waals surface area (Å²) in [6.07, 6.45) is 5.38. The molecular formula is C20H17ClN6O2. The van der Waals surface area contributed by atoms with Crippen molar-refractivity contribution in [1.29, 1.82) is 0 Å². The van der Waals surface area contributed by atoms with Gasteiger partial charge in [0.25, 0.3) is 5.89 Å². The first-order chi connectivity index (χ1) is 14.2. The molecule has 29 heavy (non-hydrogen) atoms. The fourth-order valence-electron chi connectivity index (χ4n) is 4.15.